The fourth-order valence-electron chi connectivity index (χ4n) is 1.55. The number of fused-ring (bicyclic) bond motifs is 1. The molecule has 0 fully saturated rings. The van der Waals surface area contributed by atoms with Gasteiger partial charge in [0.25, 0.3) is 0 Å². The first-order chi connectivity index (χ1) is 7.22. The van der Waals surface area contributed by atoms with Crippen molar-refractivity contribution in [2.24, 2.45) is 11.5 Å². The van der Waals surface area contributed by atoms with Gasteiger partial charge >= 0.3 is 0 Å². The zero-order valence-corrected chi connectivity index (χ0v) is 8.96. The maximum Gasteiger partial charge on any atom is 0.231 e. The maximum absolute atomic E-state index is 6.08. The summed E-state index contributed by atoms with van der Waals surface area (Å²) < 4.78 is 10.5. The van der Waals surface area contributed by atoms with E-state index in [0.29, 0.717) is 29.5 Å². The summed E-state index contributed by atoms with van der Waals surface area (Å²) in [5.74, 6) is 1.37. The van der Waals surface area contributed by atoms with E-state index < -0.39 is 0 Å². The summed E-state index contributed by atoms with van der Waals surface area (Å²) in [7, 11) is 0. The van der Waals surface area contributed by atoms with Crippen LogP contribution in [-0.4, -0.2) is 13.3 Å². The third kappa shape index (κ3) is 2.02. The molecule has 1 atom stereocenters. The molecule has 0 amide bonds. The number of benzene rings is 1. The highest BCUT2D eigenvalue weighted by Crippen LogP contribution is 2.38. The Balaban J connectivity index is 2.31. The number of hydrogen-bond acceptors (Lipinski definition) is 4. The fourth-order valence-corrected chi connectivity index (χ4v) is 1.85. The Labute approximate surface area is 93.1 Å². The van der Waals surface area contributed by atoms with Gasteiger partial charge in [-0.25, -0.2) is 0 Å². The SMILES string of the molecule is NCC[C@H](N)c1cc2c(cc1Cl)OCO2. The number of ether oxygens (including phenoxy) is 2. The highest BCUT2D eigenvalue weighted by atomic mass is 35.5. The second-order valence-corrected chi connectivity index (χ2v) is 3.82. The monoisotopic (exact) mass is 228 g/mol. The van der Waals surface area contributed by atoms with Crippen LogP contribution in [0, 0.1) is 0 Å². The molecule has 1 aliphatic rings. The van der Waals surface area contributed by atoms with Crippen LogP contribution in [0.3, 0.4) is 0 Å². The topological polar surface area (TPSA) is 70.5 Å². The molecule has 2 rings (SSSR count). The van der Waals surface area contributed by atoms with Gasteiger partial charge in [-0.05, 0) is 24.6 Å². The normalized spacial score (nSPS) is 15.4. The average Bonchev–Trinajstić information content (AvgIpc) is 2.63. The summed E-state index contributed by atoms with van der Waals surface area (Å²) in [6, 6.07) is 3.40. The molecule has 0 spiro atoms. The van der Waals surface area contributed by atoms with E-state index in [0.717, 1.165) is 5.56 Å². The minimum Gasteiger partial charge on any atom is -0.454 e. The first kappa shape index (κ1) is 10.5. The molecule has 0 aliphatic carbocycles. The molecule has 0 saturated carbocycles. The van der Waals surface area contributed by atoms with E-state index in [1.54, 1.807) is 6.07 Å². The van der Waals surface area contributed by atoms with Gasteiger partial charge in [-0.3, -0.25) is 0 Å². The summed E-state index contributed by atoms with van der Waals surface area (Å²) in [5, 5.41) is 0.597. The molecule has 4 nitrogen and oxygen atoms in total. The van der Waals surface area contributed by atoms with Crippen molar-refractivity contribution < 1.29 is 9.47 Å². The Hall–Kier alpha value is -0.970. The van der Waals surface area contributed by atoms with E-state index >= 15 is 0 Å². The molecule has 1 aromatic carbocycles. The molecule has 0 aromatic heterocycles. The highest BCUT2D eigenvalue weighted by molar-refractivity contribution is 6.31. The van der Waals surface area contributed by atoms with Crippen molar-refractivity contribution in [2.75, 3.05) is 13.3 Å². The van der Waals surface area contributed by atoms with Gasteiger partial charge in [0.1, 0.15) is 0 Å². The second kappa shape index (κ2) is 4.26. The number of hydrogen-bond donors (Lipinski definition) is 2. The van der Waals surface area contributed by atoms with E-state index in [4.69, 9.17) is 32.5 Å². The van der Waals surface area contributed by atoms with Crippen LogP contribution in [0.4, 0.5) is 0 Å². The van der Waals surface area contributed by atoms with Gasteiger partial charge in [-0.15, -0.1) is 0 Å². The number of nitrogens with two attached hydrogens (primary N) is 2. The smallest absolute Gasteiger partial charge is 0.231 e. The molecule has 0 bridgehead atoms. The van der Waals surface area contributed by atoms with Gasteiger partial charge in [0.2, 0.25) is 6.79 Å². The van der Waals surface area contributed by atoms with E-state index in [9.17, 15) is 0 Å². The van der Waals surface area contributed by atoms with Crippen LogP contribution in [0.25, 0.3) is 0 Å². The third-order valence-corrected chi connectivity index (χ3v) is 2.70. The average molecular weight is 229 g/mol. The molecule has 1 heterocycles. The minimum absolute atomic E-state index is 0.156. The summed E-state index contributed by atoms with van der Waals surface area (Å²) in [6.45, 7) is 0.771. The van der Waals surface area contributed by atoms with Crippen molar-refractivity contribution in [3.63, 3.8) is 0 Å². The first-order valence-corrected chi connectivity index (χ1v) is 5.15. The van der Waals surface area contributed by atoms with Gasteiger partial charge < -0.3 is 20.9 Å². The van der Waals surface area contributed by atoms with Crippen LogP contribution in [-0.2, 0) is 0 Å². The van der Waals surface area contributed by atoms with Crippen LogP contribution in [0.1, 0.15) is 18.0 Å². The Kier molecular flexibility index (Phi) is 3.00. The molecule has 4 N–H and O–H groups in total. The minimum atomic E-state index is -0.156. The molecule has 15 heavy (non-hydrogen) atoms. The Morgan fingerprint density at radius 1 is 1.33 bits per heavy atom. The summed E-state index contributed by atoms with van der Waals surface area (Å²) in [5.41, 5.74) is 12.2. The standard InChI is InChI=1S/C10H13ClN2O2/c11-7-4-10-9(14-5-15-10)3-6(7)8(13)1-2-12/h3-4,8H,1-2,5,12-13H2/t8-/m0/s1. The van der Waals surface area contributed by atoms with E-state index in [-0.39, 0.29) is 12.8 Å². The van der Waals surface area contributed by atoms with Gasteiger partial charge in [0.05, 0.1) is 0 Å². The summed E-state index contributed by atoms with van der Waals surface area (Å²) >= 11 is 6.08. The van der Waals surface area contributed by atoms with Crippen molar-refractivity contribution in [3.8, 4) is 11.5 Å². The van der Waals surface area contributed by atoms with E-state index in [2.05, 4.69) is 0 Å². The lowest BCUT2D eigenvalue weighted by molar-refractivity contribution is 0.174. The van der Waals surface area contributed by atoms with Crippen LogP contribution in [0.15, 0.2) is 12.1 Å². The van der Waals surface area contributed by atoms with Gasteiger partial charge in [0.15, 0.2) is 11.5 Å². The predicted molar refractivity (Wildman–Crippen MR) is 58.2 cm³/mol. The number of halogens is 1. The van der Waals surface area contributed by atoms with Crippen LogP contribution in [0.5, 0.6) is 11.5 Å². The molecule has 0 unspecified atom stereocenters. The first-order valence-electron chi connectivity index (χ1n) is 4.77. The lowest BCUT2D eigenvalue weighted by Gasteiger charge is -2.13. The van der Waals surface area contributed by atoms with Crippen molar-refractivity contribution in [2.45, 2.75) is 12.5 Å². The highest BCUT2D eigenvalue weighted by Gasteiger charge is 2.19. The van der Waals surface area contributed by atoms with Crippen molar-refractivity contribution >= 4 is 11.6 Å². The molecular weight excluding hydrogens is 216 g/mol. The third-order valence-electron chi connectivity index (χ3n) is 2.37. The Morgan fingerprint density at radius 2 is 2.00 bits per heavy atom. The van der Waals surface area contributed by atoms with E-state index in [1.807, 2.05) is 6.07 Å². The molecular formula is C10H13ClN2O2. The molecule has 1 aromatic rings. The largest absolute Gasteiger partial charge is 0.454 e. The molecule has 1 aliphatic heterocycles. The van der Waals surface area contributed by atoms with Crippen LogP contribution >= 0.6 is 11.6 Å². The van der Waals surface area contributed by atoms with Crippen molar-refractivity contribution in [1.29, 1.82) is 0 Å². The summed E-state index contributed by atoms with van der Waals surface area (Å²) in [6.07, 6.45) is 0.694. The molecule has 82 valence electrons. The predicted octanol–water partition coefficient (Wildman–Crippen LogP) is 1.42. The Bertz CT molecular complexity index is 371. The van der Waals surface area contributed by atoms with Crippen molar-refractivity contribution in [1.82, 2.24) is 0 Å². The fraction of sp³-hybridized carbons (Fsp3) is 0.400. The van der Waals surface area contributed by atoms with Crippen LogP contribution < -0.4 is 20.9 Å². The van der Waals surface area contributed by atoms with E-state index in [1.165, 1.54) is 0 Å². The van der Waals surface area contributed by atoms with Gasteiger partial charge in [-0.1, -0.05) is 11.6 Å². The zero-order valence-electron chi connectivity index (χ0n) is 8.20. The molecule has 5 heteroatoms. The van der Waals surface area contributed by atoms with Gasteiger partial charge in [0, 0.05) is 17.1 Å². The molecule has 0 radical (unpaired) electrons. The molecule has 0 saturated heterocycles. The summed E-state index contributed by atoms with van der Waals surface area (Å²) in [4.78, 5) is 0. The van der Waals surface area contributed by atoms with Crippen LogP contribution in [0.2, 0.25) is 5.02 Å². The quantitative estimate of drug-likeness (QED) is 0.821. The Morgan fingerprint density at radius 3 is 2.67 bits per heavy atom. The zero-order chi connectivity index (χ0) is 10.8. The lowest BCUT2D eigenvalue weighted by Crippen LogP contribution is -2.15. The lowest BCUT2D eigenvalue weighted by atomic mass is 10.0. The second-order valence-electron chi connectivity index (χ2n) is 3.41. The van der Waals surface area contributed by atoms with Crippen molar-refractivity contribution in [3.05, 3.63) is 22.7 Å². The number of rotatable bonds is 3. The maximum atomic E-state index is 6.08. The van der Waals surface area contributed by atoms with Gasteiger partial charge in [-0.2, -0.15) is 0 Å².